The average Bonchev–Trinajstić information content (AvgIpc) is 3.57. The van der Waals surface area contributed by atoms with Gasteiger partial charge in [-0.15, -0.1) is 16.4 Å². The largest absolute Gasteiger partial charge is 0.497 e. The number of aromatic nitrogens is 5. The Bertz CT molecular complexity index is 1490. The first-order valence-electron chi connectivity index (χ1n) is 11.4. The summed E-state index contributed by atoms with van der Waals surface area (Å²) in [6, 6.07) is 19.5. The van der Waals surface area contributed by atoms with Crippen molar-refractivity contribution in [2.45, 2.75) is 26.2 Å². The highest BCUT2D eigenvalue weighted by Gasteiger charge is 2.16. The summed E-state index contributed by atoms with van der Waals surface area (Å²) in [5.74, 6) is 2.27. The van der Waals surface area contributed by atoms with Gasteiger partial charge in [0.25, 0.3) is 5.56 Å². The Labute approximate surface area is 211 Å². The molecule has 0 atom stereocenters. The Kier molecular flexibility index (Phi) is 7.06. The van der Waals surface area contributed by atoms with E-state index in [0.29, 0.717) is 31.7 Å². The van der Waals surface area contributed by atoms with Crippen molar-refractivity contribution in [1.82, 2.24) is 30.1 Å². The summed E-state index contributed by atoms with van der Waals surface area (Å²) in [4.78, 5) is 19.3. The zero-order valence-electron chi connectivity index (χ0n) is 20.0. The maximum Gasteiger partial charge on any atom is 0.252 e. The number of pyridine rings is 1. The van der Waals surface area contributed by atoms with Gasteiger partial charge in [0, 0.05) is 34.4 Å². The Morgan fingerprint density at radius 3 is 2.53 bits per heavy atom. The number of aromatic amines is 1. The van der Waals surface area contributed by atoms with Crippen LogP contribution in [0.4, 0.5) is 0 Å². The predicted octanol–water partition coefficient (Wildman–Crippen LogP) is 3.84. The van der Waals surface area contributed by atoms with E-state index in [-0.39, 0.29) is 5.56 Å². The molecule has 9 nitrogen and oxygen atoms in total. The van der Waals surface area contributed by atoms with Crippen LogP contribution in [0.5, 0.6) is 11.5 Å². The highest BCUT2D eigenvalue weighted by Crippen LogP contribution is 2.21. The van der Waals surface area contributed by atoms with Gasteiger partial charge < -0.3 is 14.5 Å². The topological polar surface area (TPSA) is 98.2 Å². The third-order valence-electron chi connectivity index (χ3n) is 5.94. The number of hydrogen-bond donors (Lipinski definition) is 1. The molecule has 5 aromatic rings. The number of methoxy groups -OCH3 is 2. The maximum absolute atomic E-state index is 12.9. The van der Waals surface area contributed by atoms with Gasteiger partial charge >= 0.3 is 0 Å². The van der Waals surface area contributed by atoms with Crippen LogP contribution in [0.15, 0.2) is 70.8 Å². The molecule has 0 bridgehead atoms. The second-order valence-corrected chi connectivity index (χ2v) is 9.43. The lowest BCUT2D eigenvalue weighted by Crippen LogP contribution is -2.27. The number of nitrogens with one attached hydrogen (secondary N) is 1. The standard InChI is InChI=1S/C26H26N6O3S/c1-34-21-7-5-18(6-8-21)14-32-25(28-29-30-32)17-31(16-23-4-3-11-36-23)15-20-12-19-13-22(35-2)9-10-24(19)27-26(20)33/h3-13H,14-17H2,1-2H3,(H,27,33). The maximum atomic E-state index is 12.9. The fraction of sp³-hybridized carbons (Fsp3) is 0.231. The number of thiophene rings is 1. The Morgan fingerprint density at radius 2 is 1.78 bits per heavy atom. The molecular weight excluding hydrogens is 476 g/mol. The van der Waals surface area contributed by atoms with Crippen LogP contribution in [0.25, 0.3) is 10.9 Å². The van der Waals surface area contributed by atoms with Gasteiger partial charge in [0.15, 0.2) is 5.82 Å². The van der Waals surface area contributed by atoms with E-state index < -0.39 is 0 Å². The molecule has 1 N–H and O–H groups in total. The molecule has 0 saturated heterocycles. The van der Waals surface area contributed by atoms with E-state index in [0.717, 1.165) is 33.8 Å². The Hall–Kier alpha value is -4.02. The van der Waals surface area contributed by atoms with Crippen LogP contribution >= 0.6 is 11.3 Å². The molecular formula is C26H26N6O3S. The van der Waals surface area contributed by atoms with E-state index in [1.807, 2.05) is 54.6 Å². The summed E-state index contributed by atoms with van der Waals surface area (Å²) in [5.41, 5.74) is 2.40. The van der Waals surface area contributed by atoms with Gasteiger partial charge in [-0.1, -0.05) is 18.2 Å². The molecule has 0 unspecified atom stereocenters. The Balaban J connectivity index is 1.41. The molecule has 2 aromatic carbocycles. The summed E-state index contributed by atoms with van der Waals surface area (Å²) in [7, 11) is 3.28. The van der Waals surface area contributed by atoms with Crippen molar-refractivity contribution in [3.63, 3.8) is 0 Å². The van der Waals surface area contributed by atoms with Gasteiger partial charge in [-0.3, -0.25) is 9.69 Å². The molecule has 184 valence electrons. The van der Waals surface area contributed by atoms with Crippen molar-refractivity contribution in [3.8, 4) is 11.5 Å². The van der Waals surface area contributed by atoms with Gasteiger partial charge in [-0.2, -0.15) is 0 Å². The van der Waals surface area contributed by atoms with Crippen molar-refractivity contribution < 1.29 is 9.47 Å². The number of nitrogens with zero attached hydrogens (tertiary/aromatic N) is 5. The molecule has 0 fully saturated rings. The minimum Gasteiger partial charge on any atom is -0.497 e. The van der Waals surface area contributed by atoms with E-state index in [1.54, 1.807) is 30.2 Å². The molecule has 0 saturated carbocycles. The number of fused-ring (bicyclic) bond motifs is 1. The predicted molar refractivity (Wildman–Crippen MR) is 138 cm³/mol. The van der Waals surface area contributed by atoms with Crippen LogP contribution in [-0.4, -0.2) is 44.3 Å². The van der Waals surface area contributed by atoms with Gasteiger partial charge in [0.1, 0.15) is 11.5 Å². The van der Waals surface area contributed by atoms with Crippen LogP contribution in [0.2, 0.25) is 0 Å². The van der Waals surface area contributed by atoms with E-state index in [9.17, 15) is 4.79 Å². The smallest absolute Gasteiger partial charge is 0.252 e. The van der Waals surface area contributed by atoms with Crippen molar-refractivity contribution in [1.29, 1.82) is 0 Å². The molecule has 0 amide bonds. The first-order valence-corrected chi connectivity index (χ1v) is 12.3. The van der Waals surface area contributed by atoms with Crippen LogP contribution in [0.3, 0.4) is 0 Å². The SMILES string of the molecule is COc1ccc(Cn2nnnc2CN(Cc2cccs2)Cc2cc3cc(OC)ccc3[nH]c2=O)cc1. The molecule has 3 heterocycles. The summed E-state index contributed by atoms with van der Waals surface area (Å²) < 4.78 is 12.4. The third kappa shape index (κ3) is 5.45. The minimum atomic E-state index is -0.110. The number of rotatable bonds is 10. The molecule has 10 heteroatoms. The normalized spacial score (nSPS) is 11.3. The first kappa shape index (κ1) is 23.7. The quantitative estimate of drug-likeness (QED) is 0.310. The second kappa shape index (κ2) is 10.7. The molecule has 5 rings (SSSR count). The highest BCUT2D eigenvalue weighted by molar-refractivity contribution is 7.09. The minimum absolute atomic E-state index is 0.110. The van der Waals surface area contributed by atoms with E-state index in [2.05, 4.69) is 36.9 Å². The zero-order chi connectivity index (χ0) is 24.9. The third-order valence-corrected chi connectivity index (χ3v) is 6.81. The monoisotopic (exact) mass is 502 g/mol. The lowest BCUT2D eigenvalue weighted by molar-refractivity contribution is 0.238. The van der Waals surface area contributed by atoms with Gasteiger partial charge in [0.05, 0.1) is 27.3 Å². The molecule has 0 spiro atoms. The fourth-order valence-corrected chi connectivity index (χ4v) is 4.82. The molecule has 0 aliphatic rings. The Morgan fingerprint density at radius 1 is 0.972 bits per heavy atom. The van der Waals surface area contributed by atoms with E-state index in [1.165, 1.54) is 4.88 Å². The lowest BCUT2D eigenvalue weighted by atomic mass is 10.1. The molecule has 3 aromatic heterocycles. The number of ether oxygens (including phenoxy) is 2. The van der Waals surface area contributed by atoms with E-state index >= 15 is 0 Å². The summed E-state index contributed by atoms with van der Waals surface area (Å²) in [6.07, 6.45) is 0. The molecule has 36 heavy (non-hydrogen) atoms. The van der Waals surface area contributed by atoms with E-state index in [4.69, 9.17) is 9.47 Å². The van der Waals surface area contributed by atoms with Gasteiger partial charge in [-0.25, -0.2) is 4.68 Å². The summed E-state index contributed by atoms with van der Waals surface area (Å²) in [5, 5.41) is 15.4. The van der Waals surface area contributed by atoms with Crippen LogP contribution in [0.1, 0.15) is 21.8 Å². The highest BCUT2D eigenvalue weighted by atomic mass is 32.1. The summed E-state index contributed by atoms with van der Waals surface area (Å²) >= 11 is 1.68. The van der Waals surface area contributed by atoms with Crippen molar-refractivity contribution in [2.24, 2.45) is 0 Å². The molecule has 0 radical (unpaired) electrons. The van der Waals surface area contributed by atoms with Crippen molar-refractivity contribution in [2.75, 3.05) is 14.2 Å². The summed E-state index contributed by atoms with van der Waals surface area (Å²) in [6.45, 7) is 2.13. The number of benzene rings is 2. The first-order chi connectivity index (χ1) is 17.6. The zero-order valence-corrected chi connectivity index (χ0v) is 20.9. The molecule has 0 aliphatic heterocycles. The van der Waals surface area contributed by atoms with Crippen LogP contribution in [-0.2, 0) is 26.2 Å². The van der Waals surface area contributed by atoms with Gasteiger partial charge in [0.2, 0.25) is 0 Å². The average molecular weight is 503 g/mol. The fourth-order valence-electron chi connectivity index (χ4n) is 4.07. The number of H-pyrrole nitrogens is 1. The van der Waals surface area contributed by atoms with Gasteiger partial charge in [-0.05, 0) is 63.8 Å². The van der Waals surface area contributed by atoms with Crippen molar-refractivity contribution in [3.05, 3.63) is 98.2 Å². The van der Waals surface area contributed by atoms with Crippen molar-refractivity contribution >= 4 is 22.2 Å². The second-order valence-electron chi connectivity index (χ2n) is 8.40. The lowest BCUT2D eigenvalue weighted by Gasteiger charge is -2.21. The number of tetrazole rings is 1. The van der Waals surface area contributed by atoms with Crippen LogP contribution in [0, 0.1) is 0 Å². The number of hydrogen-bond acceptors (Lipinski definition) is 8. The van der Waals surface area contributed by atoms with Crippen LogP contribution < -0.4 is 15.0 Å². The molecule has 0 aliphatic carbocycles.